The number of rotatable bonds is 3. The van der Waals surface area contributed by atoms with Crippen LogP contribution in [0, 0.1) is 0 Å². The van der Waals surface area contributed by atoms with Crippen molar-refractivity contribution in [1.29, 1.82) is 0 Å². The summed E-state index contributed by atoms with van der Waals surface area (Å²) in [5.74, 6) is 0.521. The van der Waals surface area contributed by atoms with Gasteiger partial charge in [-0.3, -0.25) is 0 Å². The highest BCUT2D eigenvalue weighted by Crippen LogP contribution is 2.16. The second-order valence-corrected chi connectivity index (χ2v) is 4.75. The number of nitrogens with one attached hydrogen (secondary N) is 1. The Morgan fingerprint density at radius 1 is 1.33 bits per heavy atom. The molecule has 0 unspecified atom stereocenters. The average molecular weight is 247 g/mol. The Balaban J connectivity index is 1.81. The van der Waals surface area contributed by atoms with Gasteiger partial charge in [-0.15, -0.1) is 0 Å². The van der Waals surface area contributed by atoms with E-state index in [4.69, 9.17) is 5.73 Å². The van der Waals surface area contributed by atoms with E-state index in [0.717, 1.165) is 5.69 Å². The maximum Gasteiger partial charge on any atom is 0.189 e. The van der Waals surface area contributed by atoms with Crippen molar-refractivity contribution in [1.82, 2.24) is 15.5 Å². The Kier molecular flexibility index (Phi) is 4.93. The largest absolute Gasteiger partial charge is 0.370 e. The topological polar surface area (TPSA) is 76.2 Å². The second-order valence-electron chi connectivity index (χ2n) is 4.75. The zero-order valence-corrected chi connectivity index (χ0v) is 10.7. The van der Waals surface area contributed by atoms with Crippen LogP contribution in [0.1, 0.15) is 44.2 Å². The fourth-order valence-corrected chi connectivity index (χ4v) is 2.26. The fourth-order valence-electron chi connectivity index (χ4n) is 2.26. The highest BCUT2D eigenvalue weighted by atomic mass is 15.1. The number of hydrogen-bond acceptors (Lipinski definition) is 3. The summed E-state index contributed by atoms with van der Waals surface area (Å²) >= 11 is 0. The maximum absolute atomic E-state index is 5.89. The molecular weight excluding hydrogens is 226 g/mol. The molecule has 1 saturated carbocycles. The Hall–Kier alpha value is -1.65. The third kappa shape index (κ3) is 4.31. The molecule has 0 aromatic carbocycles. The molecule has 1 aromatic heterocycles. The molecule has 1 fully saturated rings. The van der Waals surface area contributed by atoms with Gasteiger partial charge in [0.2, 0.25) is 0 Å². The third-order valence-corrected chi connectivity index (χ3v) is 3.25. The summed E-state index contributed by atoms with van der Waals surface area (Å²) in [5.41, 5.74) is 6.73. The van der Waals surface area contributed by atoms with E-state index in [9.17, 15) is 0 Å². The molecule has 5 nitrogen and oxygen atoms in total. The van der Waals surface area contributed by atoms with Crippen LogP contribution in [0.2, 0.25) is 0 Å². The highest BCUT2D eigenvalue weighted by Gasteiger charge is 2.12. The minimum atomic E-state index is 0.484. The first kappa shape index (κ1) is 12.8. The first-order valence-electron chi connectivity index (χ1n) is 6.67. The van der Waals surface area contributed by atoms with E-state index in [2.05, 4.69) is 20.5 Å². The lowest BCUT2D eigenvalue weighted by Gasteiger charge is -2.16. The molecular formula is C13H21N5. The van der Waals surface area contributed by atoms with Gasteiger partial charge in [0.25, 0.3) is 0 Å². The SMILES string of the molecule is NC(=NCc1cccnn1)NC1CCCCCC1. The molecule has 1 aromatic rings. The van der Waals surface area contributed by atoms with Crippen molar-refractivity contribution in [2.75, 3.05) is 0 Å². The highest BCUT2D eigenvalue weighted by molar-refractivity contribution is 5.78. The van der Waals surface area contributed by atoms with Crippen LogP contribution < -0.4 is 11.1 Å². The lowest BCUT2D eigenvalue weighted by atomic mass is 10.1. The number of guanidine groups is 1. The lowest BCUT2D eigenvalue weighted by Crippen LogP contribution is -2.39. The van der Waals surface area contributed by atoms with E-state index < -0.39 is 0 Å². The first-order chi connectivity index (χ1) is 8.84. The van der Waals surface area contributed by atoms with Crippen molar-refractivity contribution >= 4 is 5.96 Å². The van der Waals surface area contributed by atoms with Gasteiger partial charge in [0.1, 0.15) is 0 Å². The van der Waals surface area contributed by atoms with Crippen LogP contribution in [-0.2, 0) is 6.54 Å². The monoisotopic (exact) mass is 247 g/mol. The van der Waals surface area contributed by atoms with Gasteiger partial charge < -0.3 is 11.1 Å². The average Bonchev–Trinajstić information content (AvgIpc) is 2.66. The summed E-state index contributed by atoms with van der Waals surface area (Å²) in [7, 11) is 0. The van der Waals surface area contributed by atoms with Gasteiger partial charge >= 0.3 is 0 Å². The minimum Gasteiger partial charge on any atom is -0.370 e. The van der Waals surface area contributed by atoms with E-state index in [-0.39, 0.29) is 0 Å². The number of nitrogens with two attached hydrogens (primary N) is 1. The molecule has 3 N–H and O–H groups in total. The smallest absolute Gasteiger partial charge is 0.189 e. The molecule has 0 bridgehead atoms. The summed E-state index contributed by atoms with van der Waals surface area (Å²) in [5, 5.41) is 11.1. The molecule has 1 aliphatic carbocycles. The predicted molar refractivity (Wildman–Crippen MR) is 72.0 cm³/mol. The molecule has 1 heterocycles. The van der Waals surface area contributed by atoms with Crippen molar-refractivity contribution in [2.45, 2.75) is 51.1 Å². The molecule has 0 spiro atoms. The summed E-state index contributed by atoms with van der Waals surface area (Å²) in [6, 6.07) is 4.24. The van der Waals surface area contributed by atoms with Gasteiger partial charge in [0, 0.05) is 12.2 Å². The van der Waals surface area contributed by atoms with Crippen LogP contribution in [-0.4, -0.2) is 22.2 Å². The van der Waals surface area contributed by atoms with Crippen molar-refractivity contribution in [3.8, 4) is 0 Å². The summed E-state index contributed by atoms with van der Waals surface area (Å²) in [6.07, 6.45) is 9.30. The Morgan fingerprint density at radius 3 is 2.78 bits per heavy atom. The maximum atomic E-state index is 5.89. The number of aromatic nitrogens is 2. The molecule has 2 rings (SSSR count). The zero-order chi connectivity index (χ0) is 12.6. The molecule has 0 aliphatic heterocycles. The van der Waals surface area contributed by atoms with Gasteiger partial charge in [0.05, 0.1) is 12.2 Å². The quantitative estimate of drug-likeness (QED) is 0.483. The van der Waals surface area contributed by atoms with Crippen LogP contribution in [0.15, 0.2) is 23.3 Å². The summed E-state index contributed by atoms with van der Waals surface area (Å²) in [6.45, 7) is 0.486. The van der Waals surface area contributed by atoms with E-state index in [1.54, 1.807) is 6.20 Å². The van der Waals surface area contributed by atoms with Gasteiger partial charge in [-0.25, -0.2) is 4.99 Å². The Bertz CT molecular complexity index is 368. The van der Waals surface area contributed by atoms with E-state index in [1.165, 1.54) is 38.5 Å². The Labute approximate surface area is 108 Å². The first-order valence-corrected chi connectivity index (χ1v) is 6.67. The van der Waals surface area contributed by atoms with Gasteiger partial charge in [-0.05, 0) is 25.0 Å². The minimum absolute atomic E-state index is 0.484. The van der Waals surface area contributed by atoms with Crippen LogP contribution >= 0.6 is 0 Å². The number of aliphatic imine (C=N–C) groups is 1. The molecule has 0 atom stereocenters. The van der Waals surface area contributed by atoms with Crippen molar-refractivity contribution in [2.24, 2.45) is 10.7 Å². The van der Waals surface area contributed by atoms with E-state index >= 15 is 0 Å². The number of nitrogens with zero attached hydrogens (tertiary/aromatic N) is 3. The standard InChI is InChI=1S/C13H21N5/c14-13(15-10-12-8-5-9-16-18-12)17-11-6-3-1-2-4-7-11/h5,8-9,11H,1-4,6-7,10H2,(H3,14,15,17). The molecule has 0 radical (unpaired) electrons. The van der Waals surface area contributed by atoms with Crippen LogP contribution in [0.4, 0.5) is 0 Å². The zero-order valence-electron chi connectivity index (χ0n) is 10.7. The van der Waals surface area contributed by atoms with Crippen LogP contribution in [0.3, 0.4) is 0 Å². The van der Waals surface area contributed by atoms with Crippen molar-refractivity contribution < 1.29 is 0 Å². The van der Waals surface area contributed by atoms with Gasteiger partial charge in [0.15, 0.2) is 5.96 Å². The van der Waals surface area contributed by atoms with Crippen LogP contribution in [0.25, 0.3) is 0 Å². The van der Waals surface area contributed by atoms with Crippen molar-refractivity contribution in [3.05, 3.63) is 24.0 Å². The summed E-state index contributed by atoms with van der Waals surface area (Å²) < 4.78 is 0. The molecule has 5 heteroatoms. The van der Waals surface area contributed by atoms with E-state index in [1.807, 2.05) is 12.1 Å². The third-order valence-electron chi connectivity index (χ3n) is 3.25. The van der Waals surface area contributed by atoms with Gasteiger partial charge in [-0.2, -0.15) is 10.2 Å². The summed E-state index contributed by atoms with van der Waals surface area (Å²) in [4.78, 5) is 4.30. The van der Waals surface area contributed by atoms with Crippen molar-refractivity contribution in [3.63, 3.8) is 0 Å². The normalized spacial score (nSPS) is 18.3. The van der Waals surface area contributed by atoms with Crippen LogP contribution in [0.5, 0.6) is 0 Å². The molecule has 0 saturated heterocycles. The lowest BCUT2D eigenvalue weighted by molar-refractivity contribution is 0.530. The fraction of sp³-hybridized carbons (Fsp3) is 0.615. The van der Waals surface area contributed by atoms with E-state index in [0.29, 0.717) is 18.5 Å². The molecule has 98 valence electrons. The molecule has 0 amide bonds. The second kappa shape index (κ2) is 6.93. The number of hydrogen-bond donors (Lipinski definition) is 2. The Morgan fingerprint density at radius 2 is 2.11 bits per heavy atom. The molecule has 1 aliphatic rings. The van der Waals surface area contributed by atoms with Gasteiger partial charge in [-0.1, -0.05) is 25.7 Å². The molecule has 18 heavy (non-hydrogen) atoms. The predicted octanol–water partition coefficient (Wildman–Crippen LogP) is 1.60.